The Morgan fingerprint density at radius 2 is 1.87 bits per heavy atom. The number of hydrogen-bond acceptors (Lipinski definition) is 6. The SMILES string of the molecule is CCC(N)(CC)CNS(=O)(=O)c1ccc(OC)c(C(=O)OC)c1. The zero-order valence-electron chi connectivity index (χ0n) is 13.9. The van der Waals surface area contributed by atoms with Crippen molar-refractivity contribution in [2.45, 2.75) is 37.1 Å². The molecule has 1 aromatic rings. The number of carbonyl (C=O) groups excluding carboxylic acids is 1. The Bertz CT molecular complexity index is 654. The highest BCUT2D eigenvalue weighted by molar-refractivity contribution is 7.89. The first kappa shape index (κ1) is 19.4. The van der Waals surface area contributed by atoms with Crippen LogP contribution in [-0.2, 0) is 14.8 Å². The van der Waals surface area contributed by atoms with Crippen LogP contribution in [0.15, 0.2) is 23.1 Å². The second-order valence-electron chi connectivity index (χ2n) is 5.25. The molecular weight excluding hydrogens is 320 g/mol. The van der Waals surface area contributed by atoms with Crippen LogP contribution in [0.5, 0.6) is 5.75 Å². The average Bonchev–Trinajstić information content (AvgIpc) is 2.58. The highest BCUT2D eigenvalue weighted by Crippen LogP contribution is 2.23. The predicted octanol–water partition coefficient (Wildman–Crippen LogP) is 1.28. The Morgan fingerprint density at radius 1 is 1.26 bits per heavy atom. The molecular formula is C15H24N2O5S. The molecule has 0 aliphatic carbocycles. The van der Waals surface area contributed by atoms with E-state index in [2.05, 4.69) is 9.46 Å². The van der Waals surface area contributed by atoms with Crippen LogP contribution in [0.25, 0.3) is 0 Å². The molecule has 0 radical (unpaired) electrons. The zero-order valence-corrected chi connectivity index (χ0v) is 14.7. The molecule has 7 nitrogen and oxygen atoms in total. The normalized spacial score (nSPS) is 12.0. The van der Waals surface area contributed by atoms with Gasteiger partial charge in [0.15, 0.2) is 0 Å². The molecule has 0 fully saturated rings. The summed E-state index contributed by atoms with van der Waals surface area (Å²) < 4.78 is 37.0. The number of nitrogens with one attached hydrogen (secondary N) is 1. The van der Waals surface area contributed by atoms with Gasteiger partial charge in [0.2, 0.25) is 10.0 Å². The molecule has 0 saturated carbocycles. The molecule has 0 bridgehead atoms. The van der Waals surface area contributed by atoms with Crippen molar-refractivity contribution in [1.82, 2.24) is 4.72 Å². The van der Waals surface area contributed by atoms with Gasteiger partial charge in [-0.1, -0.05) is 13.8 Å². The van der Waals surface area contributed by atoms with Crippen molar-refractivity contribution in [3.05, 3.63) is 23.8 Å². The molecule has 0 aromatic heterocycles. The lowest BCUT2D eigenvalue weighted by Gasteiger charge is -2.26. The number of nitrogens with two attached hydrogens (primary N) is 1. The fraction of sp³-hybridized carbons (Fsp3) is 0.533. The number of carbonyl (C=O) groups is 1. The first-order valence-electron chi connectivity index (χ1n) is 7.28. The number of methoxy groups -OCH3 is 2. The Hall–Kier alpha value is -1.64. The second kappa shape index (κ2) is 7.76. The van der Waals surface area contributed by atoms with Gasteiger partial charge in [-0.05, 0) is 31.0 Å². The summed E-state index contributed by atoms with van der Waals surface area (Å²) in [6.07, 6.45) is 1.28. The van der Waals surface area contributed by atoms with Crippen LogP contribution < -0.4 is 15.2 Å². The molecule has 0 heterocycles. The summed E-state index contributed by atoms with van der Waals surface area (Å²) in [4.78, 5) is 11.7. The van der Waals surface area contributed by atoms with Crippen molar-refractivity contribution in [3.8, 4) is 5.75 Å². The molecule has 0 aliphatic rings. The summed E-state index contributed by atoms with van der Waals surface area (Å²) in [6, 6.07) is 4.00. The van der Waals surface area contributed by atoms with E-state index in [1.807, 2.05) is 13.8 Å². The van der Waals surface area contributed by atoms with Crippen molar-refractivity contribution in [2.75, 3.05) is 20.8 Å². The van der Waals surface area contributed by atoms with Gasteiger partial charge in [-0.3, -0.25) is 0 Å². The minimum absolute atomic E-state index is 0.0443. The molecule has 0 aliphatic heterocycles. The maximum Gasteiger partial charge on any atom is 0.341 e. The number of hydrogen-bond donors (Lipinski definition) is 2. The Kier molecular flexibility index (Phi) is 6.55. The van der Waals surface area contributed by atoms with Gasteiger partial charge >= 0.3 is 5.97 Å². The van der Waals surface area contributed by atoms with Gasteiger partial charge in [0.25, 0.3) is 0 Å². The van der Waals surface area contributed by atoms with Crippen LogP contribution in [0.3, 0.4) is 0 Å². The second-order valence-corrected chi connectivity index (χ2v) is 7.01. The lowest BCUT2D eigenvalue weighted by molar-refractivity contribution is 0.0597. The Balaban J connectivity index is 3.12. The molecule has 1 rings (SSSR count). The number of ether oxygens (including phenoxy) is 2. The average molecular weight is 344 g/mol. The molecule has 0 unspecified atom stereocenters. The van der Waals surface area contributed by atoms with E-state index in [9.17, 15) is 13.2 Å². The number of esters is 1. The lowest BCUT2D eigenvalue weighted by atomic mass is 9.95. The first-order valence-corrected chi connectivity index (χ1v) is 8.76. The molecule has 130 valence electrons. The van der Waals surface area contributed by atoms with Gasteiger partial charge in [0.1, 0.15) is 11.3 Å². The van der Waals surface area contributed by atoms with Gasteiger partial charge in [-0.2, -0.15) is 0 Å². The molecule has 0 amide bonds. The molecule has 1 aromatic carbocycles. The fourth-order valence-electron chi connectivity index (χ4n) is 1.95. The summed E-state index contributed by atoms with van der Waals surface area (Å²) >= 11 is 0. The summed E-state index contributed by atoms with van der Waals surface area (Å²) in [7, 11) is -1.19. The van der Waals surface area contributed by atoms with Gasteiger partial charge in [-0.25, -0.2) is 17.9 Å². The van der Waals surface area contributed by atoms with Crippen LogP contribution >= 0.6 is 0 Å². The van der Waals surface area contributed by atoms with Crippen LogP contribution in [-0.4, -0.2) is 40.7 Å². The molecule has 0 atom stereocenters. The quantitative estimate of drug-likeness (QED) is 0.688. The zero-order chi connectivity index (χ0) is 17.7. The molecule has 23 heavy (non-hydrogen) atoms. The summed E-state index contributed by atoms with van der Waals surface area (Å²) in [5.41, 5.74) is 5.54. The summed E-state index contributed by atoms with van der Waals surface area (Å²) in [6.45, 7) is 3.92. The number of rotatable bonds is 8. The van der Waals surface area contributed by atoms with E-state index in [1.54, 1.807) is 0 Å². The lowest BCUT2D eigenvalue weighted by Crippen LogP contribution is -2.49. The highest BCUT2D eigenvalue weighted by atomic mass is 32.2. The van der Waals surface area contributed by atoms with Crippen LogP contribution in [0.2, 0.25) is 0 Å². The molecule has 8 heteroatoms. The highest BCUT2D eigenvalue weighted by Gasteiger charge is 2.25. The standard InChI is InChI=1S/C15H24N2O5S/c1-5-15(16,6-2)10-17-23(19,20)11-7-8-13(21-3)12(9-11)14(18)22-4/h7-9,17H,5-6,10,16H2,1-4H3. The largest absolute Gasteiger partial charge is 0.496 e. The van der Waals surface area contributed by atoms with E-state index in [0.717, 1.165) is 0 Å². The van der Waals surface area contributed by atoms with E-state index in [-0.39, 0.29) is 22.8 Å². The minimum atomic E-state index is -3.80. The van der Waals surface area contributed by atoms with Gasteiger partial charge in [0.05, 0.1) is 19.1 Å². The maximum absolute atomic E-state index is 12.4. The van der Waals surface area contributed by atoms with Gasteiger partial charge in [0, 0.05) is 12.1 Å². The van der Waals surface area contributed by atoms with Crippen LogP contribution in [0.4, 0.5) is 0 Å². The van der Waals surface area contributed by atoms with Crippen LogP contribution in [0.1, 0.15) is 37.0 Å². The Morgan fingerprint density at radius 3 is 2.35 bits per heavy atom. The number of sulfonamides is 1. The Labute approximate surface area is 137 Å². The van der Waals surface area contributed by atoms with E-state index in [4.69, 9.17) is 10.5 Å². The van der Waals surface area contributed by atoms with Gasteiger partial charge in [-0.15, -0.1) is 0 Å². The molecule has 0 saturated heterocycles. The third-order valence-electron chi connectivity index (χ3n) is 3.91. The minimum Gasteiger partial charge on any atom is -0.496 e. The molecule has 0 spiro atoms. The first-order chi connectivity index (χ1) is 10.7. The van der Waals surface area contributed by atoms with Crippen LogP contribution in [0, 0.1) is 0 Å². The summed E-state index contributed by atoms with van der Waals surface area (Å²) in [5.74, 6) is -0.430. The monoisotopic (exact) mass is 344 g/mol. The molecule has 3 N–H and O–H groups in total. The predicted molar refractivity (Wildman–Crippen MR) is 87.0 cm³/mol. The van der Waals surface area contributed by atoms with E-state index in [0.29, 0.717) is 12.8 Å². The van der Waals surface area contributed by atoms with Gasteiger partial charge < -0.3 is 15.2 Å². The van der Waals surface area contributed by atoms with Crippen molar-refractivity contribution in [3.63, 3.8) is 0 Å². The smallest absolute Gasteiger partial charge is 0.341 e. The maximum atomic E-state index is 12.4. The van der Waals surface area contributed by atoms with Crippen molar-refractivity contribution in [1.29, 1.82) is 0 Å². The fourth-order valence-corrected chi connectivity index (χ4v) is 3.11. The van der Waals surface area contributed by atoms with E-state index < -0.39 is 21.5 Å². The third kappa shape index (κ3) is 4.66. The van der Waals surface area contributed by atoms with E-state index in [1.165, 1.54) is 32.4 Å². The third-order valence-corrected chi connectivity index (χ3v) is 5.31. The van der Waals surface area contributed by atoms with Crippen molar-refractivity contribution >= 4 is 16.0 Å². The topological polar surface area (TPSA) is 108 Å². The summed E-state index contributed by atoms with van der Waals surface area (Å²) in [5, 5.41) is 0. The number of benzene rings is 1. The van der Waals surface area contributed by atoms with Crippen molar-refractivity contribution < 1.29 is 22.7 Å². The van der Waals surface area contributed by atoms with E-state index >= 15 is 0 Å². The van der Waals surface area contributed by atoms with Crippen molar-refractivity contribution in [2.24, 2.45) is 5.73 Å².